The molecule has 140 valence electrons. The Balaban J connectivity index is 1.80. The average molecular weight is 384 g/mol. The first kappa shape index (κ1) is 18.9. The number of carbonyl (C=O) groups excluding carboxylic acids is 2. The molecule has 0 saturated heterocycles. The van der Waals surface area contributed by atoms with Crippen LogP contribution in [0.5, 0.6) is 5.88 Å². The van der Waals surface area contributed by atoms with E-state index >= 15 is 0 Å². The van der Waals surface area contributed by atoms with Crippen molar-refractivity contribution in [3.63, 3.8) is 0 Å². The van der Waals surface area contributed by atoms with Crippen molar-refractivity contribution in [1.82, 2.24) is 15.3 Å². The van der Waals surface area contributed by atoms with E-state index in [0.29, 0.717) is 35.2 Å². The Kier molecular flexibility index (Phi) is 6.04. The van der Waals surface area contributed by atoms with Gasteiger partial charge in [0, 0.05) is 31.1 Å². The van der Waals surface area contributed by atoms with Gasteiger partial charge >= 0.3 is 0 Å². The standard InChI is InChI=1S/C19H20N4O3S/c1-3-4-5-10-26-18-15(17(25)20-2)27-19(23-18)13-8-9-21-14(11-13)22-16(24)12-6-7-12/h1,8-9,11-12H,4-7,10H2,2H3,(H,20,25)(H,21,22,24). The number of aromatic nitrogens is 2. The minimum atomic E-state index is -0.262. The number of unbranched alkanes of at least 4 members (excludes halogenated alkanes) is 1. The van der Waals surface area contributed by atoms with Crippen molar-refractivity contribution >= 4 is 29.0 Å². The minimum Gasteiger partial charge on any atom is -0.476 e. The summed E-state index contributed by atoms with van der Waals surface area (Å²) in [5, 5.41) is 6.03. The summed E-state index contributed by atoms with van der Waals surface area (Å²) in [6.07, 6.45) is 9.97. The molecule has 0 spiro atoms. The second-order valence-electron chi connectivity index (χ2n) is 6.08. The molecule has 1 aliphatic carbocycles. The Morgan fingerprint density at radius 1 is 1.44 bits per heavy atom. The van der Waals surface area contributed by atoms with E-state index in [-0.39, 0.29) is 23.6 Å². The Labute approximate surface area is 161 Å². The van der Waals surface area contributed by atoms with Gasteiger partial charge in [0.1, 0.15) is 10.8 Å². The summed E-state index contributed by atoms with van der Waals surface area (Å²) in [7, 11) is 1.56. The number of terminal acetylenes is 1. The SMILES string of the molecule is C#CCCCOc1nc(-c2ccnc(NC(=O)C3CC3)c2)sc1C(=O)NC. The van der Waals surface area contributed by atoms with E-state index in [0.717, 1.165) is 18.4 Å². The van der Waals surface area contributed by atoms with E-state index < -0.39 is 0 Å². The van der Waals surface area contributed by atoms with E-state index in [1.807, 2.05) is 0 Å². The molecule has 1 aliphatic rings. The van der Waals surface area contributed by atoms with Crippen molar-refractivity contribution in [2.75, 3.05) is 19.0 Å². The number of nitrogens with one attached hydrogen (secondary N) is 2. The fourth-order valence-electron chi connectivity index (χ4n) is 2.33. The second kappa shape index (κ2) is 8.64. The van der Waals surface area contributed by atoms with E-state index in [9.17, 15) is 9.59 Å². The maximum atomic E-state index is 12.1. The van der Waals surface area contributed by atoms with Gasteiger partial charge in [-0.15, -0.1) is 23.7 Å². The predicted octanol–water partition coefficient (Wildman–Crippen LogP) is 2.71. The van der Waals surface area contributed by atoms with Crippen molar-refractivity contribution in [3.8, 4) is 28.8 Å². The third-order valence-electron chi connectivity index (χ3n) is 3.94. The Morgan fingerprint density at radius 2 is 2.26 bits per heavy atom. The molecule has 2 heterocycles. The largest absolute Gasteiger partial charge is 0.476 e. The molecule has 2 aromatic rings. The van der Waals surface area contributed by atoms with Gasteiger partial charge in [-0.1, -0.05) is 0 Å². The third kappa shape index (κ3) is 4.83. The Hall–Kier alpha value is -2.92. The minimum absolute atomic E-state index is 0.0117. The first-order valence-electron chi connectivity index (χ1n) is 8.69. The quantitative estimate of drug-likeness (QED) is 0.539. The van der Waals surface area contributed by atoms with Crippen LogP contribution < -0.4 is 15.4 Å². The zero-order valence-corrected chi connectivity index (χ0v) is 15.8. The van der Waals surface area contributed by atoms with Crippen LogP contribution in [-0.2, 0) is 4.79 Å². The highest BCUT2D eigenvalue weighted by atomic mass is 32.1. The molecule has 0 unspecified atom stereocenters. The molecule has 0 radical (unpaired) electrons. The van der Waals surface area contributed by atoms with Crippen molar-refractivity contribution in [3.05, 3.63) is 23.2 Å². The maximum Gasteiger partial charge on any atom is 0.266 e. The van der Waals surface area contributed by atoms with E-state index in [1.54, 1.807) is 25.4 Å². The average Bonchev–Trinajstić information content (AvgIpc) is 3.45. The molecule has 2 amide bonds. The lowest BCUT2D eigenvalue weighted by Crippen LogP contribution is -2.17. The van der Waals surface area contributed by atoms with Crippen LogP contribution in [0.4, 0.5) is 5.82 Å². The van der Waals surface area contributed by atoms with Crippen LogP contribution in [0, 0.1) is 18.3 Å². The topological polar surface area (TPSA) is 93.2 Å². The summed E-state index contributed by atoms with van der Waals surface area (Å²) in [5.74, 6) is 3.12. The molecule has 0 aromatic carbocycles. The molecule has 0 atom stereocenters. The molecule has 0 aliphatic heterocycles. The summed E-state index contributed by atoms with van der Waals surface area (Å²) in [4.78, 5) is 33.1. The van der Waals surface area contributed by atoms with E-state index in [2.05, 4.69) is 26.5 Å². The molecule has 3 rings (SSSR count). The van der Waals surface area contributed by atoms with Crippen molar-refractivity contribution in [2.45, 2.75) is 25.7 Å². The van der Waals surface area contributed by atoms with E-state index in [1.165, 1.54) is 11.3 Å². The summed E-state index contributed by atoms with van der Waals surface area (Å²) < 4.78 is 5.66. The first-order chi connectivity index (χ1) is 13.1. The zero-order valence-electron chi connectivity index (χ0n) is 14.9. The maximum absolute atomic E-state index is 12.1. The van der Waals surface area contributed by atoms with E-state index in [4.69, 9.17) is 11.2 Å². The number of hydrogen-bond donors (Lipinski definition) is 2. The fraction of sp³-hybridized carbons (Fsp3) is 0.368. The number of thiazole rings is 1. The van der Waals surface area contributed by atoms with Crippen molar-refractivity contribution < 1.29 is 14.3 Å². The number of pyridine rings is 1. The summed E-state index contributed by atoms with van der Waals surface area (Å²) in [6.45, 7) is 0.385. The number of nitrogens with zero attached hydrogens (tertiary/aromatic N) is 2. The summed E-state index contributed by atoms with van der Waals surface area (Å²) >= 11 is 1.23. The number of anilines is 1. The van der Waals surface area contributed by atoms with Gasteiger partial charge in [-0.3, -0.25) is 9.59 Å². The van der Waals surface area contributed by atoms with Crippen LogP contribution in [0.25, 0.3) is 10.6 Å². The van der Waals surface area contributed by atoms with Gasteiger partial charge < -0.3 is 15.4 Å². The molecule has 2 aromatic heterocycles. The molecular formula is C19H20N4O3S. The fourth-order valence-corrected chi connectivity index (χ4v) is 3.29. The van der Waals surface area contributed by atoms with Crippen LogP contribution in [0.2, 0.25) is 0 Å². The van der Waals surface area contributed by atoms with Gasteiger partial charge in [0.15, 0.2) is 4.88 Å². The molecule has 7 nitrogen and oxygen atoms in total. The molecule has 2 N–H and O–H groups in total. The van der Waals surface area contributed by atoms with Crippen LogP contribution in [0.15, 0.2) is 18.3 Å². The summed E-state index contributed by atoms with van der Waals surface area (Å²) in [6, 6.07) is 3.52. The smallest absolute Gasteiger partial charge is 0.266 e. The molecule has 1 saturated carbocycles. The zero-order chi connectivity index (χ0) is 19.2. The molecule has 27 heavy (non-hydrogen) atoms. The third-order valence-corrected chi connectivity index (χ3v) is 5.02. The van der Waals surface area contributed by atoms with Gasteiger partial charge in [-0.2, -0.15) is 0 Å². The van der Waals surface area contributed by atoms with Crippen LogP contribution in [0.3, 0.4) is 0 Å². The number of hydrogen-bond acceptors (Lipinski definition) is 6. The predicted molar refractivity (Wildman–Crippen MR) is 104 cm³/mol. The Bertz CT molecular complexity index is 883. The highest BCUT2D eigenvalue weighted by Gasteiger charge is 2.30. The highest BCUT2D eigenvalue weighted by molar-refractivity contribution is 7.17. The normalized spacial score (nSPS) is 12.9. The lowest BCUT2D eigenvalue weighted by Gasteiger charge is -2.04. The van der Waals surface area contributed by atoms with Gasteiger partial charge in [0.2, 0.25) is 11.8 Å². The number of ether oxygens (including phenoxy) is 1. The Morgan fingerprint density at radius 3 is 2.96 bits per heavy atom. The number of rotatable bonds is 8. The van der Waals surface area contributed by atoms with Crippen LogP contribution in [0.1, 0.15) is 35.4 Å². The molecule has 8 heteroatoms. The van der Waals surface area contributed by atoms with Gasteiger partial charge in [-0.25, -0.2) is 9.97 Å². The van der Waals surface area contributed by atoms with Crippen LogP contribution in [-0.4, -0.2) is 35.4 Å². The lowest BCUT2D eigenvalue weighted by molar-refractivity contribution is -0.117. The van der Waals surface area contributed by atoms with Gasteiger partial charge in [-0.05, 0) is 31.4 Å². The highest BCUT2D eigenvalue weighted by Crippen LogP contribution is 2.34. The molecular weight excluding hydrogens is 364 g/mol. The molecule has 1 fully saturated rings. The second-order valence-corrected chi connectivity index (χ2v) is 7.08. The van der Waals surface area contributed by atoms with Crippen molar-refractivity contribution in [2.24, 2.45) is 5.92 Å². The lowest BCUT2D eigenvalue weighted by atomic mass is 10.2. The van der Waals surface area contributed by atoms with Crippen molar-refractivity contribution in [1.29, 1.82) is 0 Å². The monoisotopic (exact) mass is 384 g/mol. The first-order valence-corrected chi connectivity index (χ1v) is 9.50. The molecule has 0 bridgehead atoms. The van der Waals surface area contributed by atoms with Gasteiger partial charge in [0.05, 0.1) is 6.61 Å². The summed E-state index contributed by atoms with van der Waals surface area (Å²) in [5.41, 5.74) is 0.754. The number of carbonyl (C=O) groups is 2. The van der Waals surface area contributed by atoms with Gasteiger partial charge in [0.25, 0.3) is 5.91 Å². The number of amides is 2. The van der Waals surface area contributed by atoms with Crippen LogP contribution >= 0.6 is 11.3 Å².